The van der Waals surface area contributed by atoms with Gasteiger partial charge in [-0.25, -0.2) is 8.42 Å². The van der Waals surface area contributed by atoms with Crippen molar-refractivity contribution in [3.8, 4) is 5.75 Å². The van der Waals surface area contributed by atoms with Gasteiger partial charge >= 0.3 is 0 Å². The zero-order valence-corrected chi connectivity index (χ0v) is 24.8. The molecule has 0 spiro atoms. The predicted octanol–water partition coefficient (Wildman–Crippen LogP) is 4.87. The minimum Gasteiger partial charge on any atom is -0.497 e. The summed E-state index contributed by atoms with van der Waals surface area (Å²) in [6, 6.07) is 13.9. The SMILES string of the molecule is COc1ccc(N(CCCC(=O)N(Cc2cccc(Br)c2)C(C)C(=O)NC2CCCCC2)S(C)(=O)=O)cc1. The molecule has 2 amide bonds. The Morgan fingerprint density at radius 1 is 1.11 bits per heavy atom. The van der Waals surface area contributed by atoms with Crippen LogP contribution in [-0.4, -0.2) is 57.1 Å². The molecule has 8 nitrogen and oxygen atoms in total. The average molecular weight is 609 g/mol. The highest BCUT2D eigenvalue weighted by Gasteiger charge is 2.28. The lowest BCUT2D eigenvalue weighted by molar-refractivity contribution is -0.141. The Balaban J connectivity index is 1.71. The van der Waals surface area contributed by atoms with Crippen molar-refractivity contribution in [2.45, 2.75) is 70.5 Å². The molecule has 0 aromatic heterocycles. The number of sulfonamides is 1. The van der Waals surface area contributed by atoms with Crippen molar-refractivity contribution in [1.29, 1.82) is 0 Å². The van der Waals surface area contributed by atoms with Gasteiger partial charge in [-0.2, -0.15) is 0 Å². The fraction of sp³-hybridized carbons (Fsp3) is 0.500. The number of hydrogen-bond donors (Lipinski definition) is 1. The summed E-state index contributed by atoms with van der Waals surface area (Å²) in [7, 11) is -2.01. The van der Waals surface area contributed by atoms with E-state index in [2.05, 4.69) is 21.2 Å². The molecule has 1 aliphatic rings. The lowest BCUT2D eigenvalue weighted by atomic mass is 9.95. The zero-order chi connectivity index (χ0) is 27.7. The van der Waals surface area contributed by atoms with E-state index in [1.165, 1.54) is 10.7 Å². The molecule has 0 aliphatic heterocycles. The number of anilines is 1. The number of nitrogens with one attached hydrogen (secondary N) is 1. The second-order valence-electron chi connectivity index (χ2n) is 9.81. The van der Waals surface area contributed by atoms with E-state index < -0.39 is 16.1 Å². The Morgan fingerprint density at radius 3 is 2.39 bits per heavy atom. The van der Waals surface area contributed by atoms with Crippen LogP contribution in [0, 0.1) is 0 Å². The van der Waals surface area contributed by atoms with Crippen molar-refractivity contribution < 1.29 is 22.7 Å². The number of benzene rings is 2. The van der Waals surface area contributed by atoms with Gasteiger partial charge in [0, 0.05) is 30.0 Å². The summed E-state index contributed by atoms with van der Waals surface area (Å²) < 4.78 is 32.3. The van der Waals surface area contributed by atoms with E-state index in [-0.39, 0.29) is 37.4 Å². The molecule has 1 unspecified atom stereocenters. The van der Waals surface area contributed by atoms with Gasteiger partial charge in [-0.1, -0.05) is 47.3 Å². The summed E-state index contributed by atoms with van der Waals surface area (Å²) in [6.45, 7) is 2.18. The average Bonchev–Trinajstić information content (AvgIpc) is 2.89. The van der Waals surface area contributed by atoms with Crippen LogP contribution < -0.4 is 14.4 Å². The number of hydrogen-bond acceptors (Lipinski definition) is 5. The Labute approximate surface area is 234 Å². The fourth-order valence-corrected chi connectivity index (χ4v) is 6.15. The first-order valence-electron chi connectivity index (χ1n) is 13.0. The van der Waals surface area contributed by atoms with Crippen LogP contribution in [0.15, 0.2) is 53.0 Å². The standard InChI is InChI=1S/C28H38BrN3O5S/c1-21(28(34)30-24-11-5-4-6-12-24)31(20-22-9-7-10-23(29)19-22)27(33)13-8-18-32(38(3,35)36)25-14-16-26(37-2)17-15-25/h7,9-10,14-17,19,21,24H,4-6,8,11-13,18,20H2,1-3H3,(H,30,34). The Hall–Kier alpha value is -2.59. The van der Waals surface area contributed by atoms with Crippen LogP contribution >= 0.6 is 15.9 Å². The molecule has 0 saturated heterocycles. The van der Waals surface area contributed by atoms with Crippen LogP contribution in [0.3, 0.4) is 0 Å². The van der Waals surface area contributed by atoms with Crippen molar-refractivity contribution in [3.63, 3.8) is 0 Å². The van der Waals surface area contributed by atoms with Gasteiger partial charge in [-0.15, -0.1) is 0 Å². The minimum atomic E-state index is -3.56. The number of ether oxygens (including phenoxy) is 1. The first-order valence-corrected chi connectivity index (χ1v) is 15.7. The van der Waals surface area contributed by atoms with Crippen LogP contribution in [0.4, 0.5) is 5.69 Å². The predicted molar refractivity (Wildman–Crippen MR) is 154 cm³/mol. The van der Waals surface area contributed by atoms with E-state index in [1.807, 2.05) is 24.3 Å². The molecular formula is C28H38BrN3O5S. The Morgan fingerprint density at radius 2 is 1.79 bits per heavy atom. The third-order valence-corrected chi connectivity index (χ3v) is 8.56. The van der Waals surface area contributed by atoms with Crippen LogP contribution in [0.1, 0.15) is 57.4 Å². The third-order valence-electron chi connectivity index (χ3n) is 6.87. The van der Waals surface area contributed by atoms with Crippen molar-refractivity contribution in [2.24, 2.45) is 0 Å². The quantitative estimate of drug-likeness (QED) is 0.371. The molecule has 0 bridgehead atoms. The summed E-state index contributed by atoms with van der Waals surface area (Å²) in [5.74, 6) is 0.275. The van der Waals surface area contributed by atoms with Crippen LogP contribution in [0.2, 0.25) is 0 Å². The van der Waals surface area contributed by atoms with Crippen LogP contribution in [0.5, 0.6) is 5.75 Å². The highest BCUT2D eigenvalue weighted by molar-refractivity contribution is 9.10. The maximum Gasteiger partial charge on any atom is 0.242 e. The van der Waals surface area contributed by atoms with Gasteiger partial charge in [0.15, 0.2) is 0 Å². The number of rotatable bonds is 12. The molecule has 1 N–H and O–H groups in total. The first kappa shape index (κ1) is 30.0. The lowest BCUT2D eigenvalue weighted by Gasteiger charge is -2.31. The van der Waals surface area contributed by atoms with Gasteiger partial charge in [0.05, 0.1) is 19.1 Å². The van der Waals surface area contributed by atoms with E-state index in [0.29, 0.717) is 17.9 Å². The Bertz CT molecular complexity index is 1180. The van der Waals surface area contributed by atoms with Gasteiger partial charge in [0.1, 0.15) is 11.8 Å². The van der Waals surface area contributed by atoms with Gasteiger partial charge in [0.25, 0.3) is 0 Å². The highest BCUT2D eigenvalue weighted by atomic mass is 79.9. The van der Waals surface area contributed by atoms with Gasteiger partial charge in [-0.3, -0.25) is 13.9 Å². The summed E-state index contributed by atoms with van der Waals surface area (Å²) >= 11 is 3.48. The number of carbonyl (C=O) groups excluding carboxylic acids is 2. The van der Waals surface area contributed by atoms with Gasteiger partial charge in [0.2, 0.25) is 21.8 Å². The lowest BCUT2D eigenvalue weighted by Crippen LogP contribution is -2.50. The molecule has 38 heavy (non-hydrogen) atoms. The van der Waals surface area contributed by atoms with E-state index >= 15 is 0 Å². The normalized spacial score (nSPS) is 14.9. The topological polar surface area (TPSA) is 96.0 Å². The van der Waals surface area contributed by atoms with E-state index in [0.717, 1.165) is 42.0 Å². The number of nitrogens with zero attached hydrogens (tertiary/aromatic N) is 2. The van der Waals surface area contributed by atoms with Gasteiger partial charge in [-0.05, 0) is 68.1 Å². The summed E-state index contributed by atoms with van der Waals surface area (Å²) in [4.78, 5) is 28.2. The molecule has 0 radical (unpaired) electrons. The molecule has 1 saturated carbocycles. The van der Waals surface area contributed by atoms with E-state index in [1.54, 1.807) is 43.2 Å². The first-order chi connectivity index (χ1) is 18.1. The zero-order valence-electron chi connectivity index (χ0n) is 22.4. The molecule has 208 valence electrons. The molecule has 1 aliphatic carbocycles. The van der Waals surface area contributed by atoms with Crippen molar-refractivity contribution >= 4 is 43.5 Å². The van der Waals surface area contributed by atoms with Crippen molar-refractivity contribution in [2.75, 3.05) is 24.2 Å². The molecule has 0 heterocycles. The minimum absolute atomic E-state index is 0.108. The number of halogens is 1. The van der Waals surface area contributed by atoms with Crippen molar-refractivity contribution in [3.05, 3.63) is 58.6 Å². The highest BCUT2D eigenvalue weighted by Crippen LogP contribution is 2.23. The van der Waals surface area contributed by atoms with Crippen LogP contribution in [-0.2, 0) is 26.2 Å². The third kappa shape index (κ3) is 8.73. The molecular weight excluding hydrogens is 570 g/mol. The van der Waals surface area contributed by atoms with Crippen molar-refractivity contribution in [1.82, 2.24) is 10.2 Å². The fourth-order valence-electron chi connectivity index (χ4n) is 4.74. The summed E-state index contributed by atoms with van der Waals surface area (Å²) in [5.41, 5.74) is 1.41. The second kappa shape index (κ2) is 14.0. The number of carbonyl (C=O) groups is 2. The maximum atomic E-state index is 13.5. The number of amides is 2. The second-order valence-corrected chi connectivity index (χ2v) is 12.6. The molecule has 10 heteroatoms. The summed E-state index contributed by atoms with van der Waals surface area (Å²) in [5, 5.41) is 3.14. The maximum absolute atomic E-state index is 13.5. The number of methoxy groups -OCH3 is 1. The largest absolute Gasteiger partial charge is 0.497 e. The molecule has 1 atom stereocenters. The molecule has 2 aromatic rings. The van der Waals surface area contributed by atoms with Crippen LogP contribution in [0.25, 0.3) is 0 Å². The smallest absolute Gasteiger partial charge is 0.242 e. The molecule has 1 fully saturated rings. The van der Waals surface area contributed by atoms with E-state index in [4.69, 9.17) is 4.74 Å². The Kier molecular flexibility index (Phi) is 11.0. The molecule has 3 rings (SSSR count). The summed E-state index contributed by atoms with van der Waals surface area (Å²) in [6.07, 6.45) is 6.89. The monoisotopic (exact) mass is 607 g/mol. The van der Waals surface area contributed by atoms with Gasteiger partial charge < -0.3 is 15.0 Å². The van der Waals surface area contributed by atoms with E-state index in [9.17, 15) is 18.0 Å². The molecule has 2 aromatic carbocycles.